The Balaban J connectivity index is 1.66. The lowest BCUT2D eigenvalue weighted by atomic mass is 10.1. The van der Waals surface area contributed by atoms with Crippen molar-refractivity contribution in [1.82, 2.24) is 9.99 Å². The summed E-state index contributed by atoms with van der Waals surface area (Å²) in [5.41, 5.74) is 7.27. The van der Waals surface area contributed by atoms with E-state index >= 15 is 0 Å². The van der Waals surface area contributed by atoms with Gasteiger partial charge >= 0.3 is 0 Å². The van der Waals surface area contributed by atoms with Gasteiger partial charge in [-0.25, -0.2) is 5.43 Å². The van der Waals surface area contributed by atoms with Crippen LogP contribution in [0.1, 0.15) is 35.3 Å². The zero-order chi connectivity index (χ0) is 17.6. The first kappa shape index (κ1) is 16.7. The molecule has 126 valence electrons. The van der Waals surface area contributed by atoms with Crippen molar-refractivity contribution in [2.75, 3.05) is 0 Å². The van der Waals surface area contributed by atoms with E-state index < -0.39 is 0 Å². The summed E-state index contributed by atoms with van der Waals surface area (Å²) in [4.78, 5) is 12.3. The number of rotatable bonds is 5. The van der Waals surface area contributed by atoms with Crippen molar-refractivity contribution in [1.29, 1.82) is 0 Å². The average Bonchev–Trinajstić information content (AvgIpc) is 3.21. The topological polar surface area (TPSA) is 46.4 Å². The van der Waals surface area contributed by atoms with E-state index in [1.54, 1.807) is 12.1 Å². The molecule has 1 amide bonds. The number of carbonyl (C=O) groups is 1. The third kappa shape index (κ3) is 4.04. The highest BCUT2D eigenvalue weighted by atomic mass is 16.2. The molecule has 1 N–H and O–H groups in total. The van der Waals surface area contributed by atoms with Gasteiger partial charge in [-0.2, -0.15) is 5.10 Å². The fraction of sp³-hybridized carbons (Fsp3) is 0.143. The molecular weight excluding hydrogens is 310 g/mol. The molecule has 0 atom stereocenters. The van der Waals surface area contributed by atoms with Gasteiger partial charge in [-0.1, -0.05) is 31.2 Å². The van der Waals surface area contributed by atoms with E-state index in [2.05, 4.69) is 29.6 Å². The summed E-state index contributed by atoms with van der Waals surface area (Å²) in [6.07, 6.45) is 4.94. The molecule has 0 aliphatic rings. The Kier molecular flexibility index (Phi) is 5.09. The fourth-order valence-electron chi connectivity index (χ4n) is 2.54. The highest BCUT2D eigenvalue weighted by Crippen LogP contribution is 2.10. The molecule has 1 aromatic heterocycles. The molecule has 0 aliphatic carbocycles. The second kappa shape index (κ2) is 7.62. The normalized spacial score (nSPS) is 11.4. The molecule has 0 aliphatic heterocycles. The van der Waals surface area contributed by atoms with E-state index in [1.807, 2.05) is 60.3 Å². The van der Waals surface area contributed by atoms with Crippen molar-refractivity contribution in [3.05, 3.63) is 89.7 Å². The first-order chi connectivity index (χ1) is 12.2. The number of aryl methyl sites for hydroxylation is 1. The number of aromatic nitrogens is 1. The number of hydrogen-bond acceptors (Lipinski definition) is 2. The molecule has 4 nitrogen and oxygen atoms in total. The summed E-state index contributed by atoms with van der Waals surface area (Å²) in [6.45, 7) is 4.01. The van der Waals surface area contributed by atoms with Gasteiger partial charge in [0.2, 0.25) is 0 Å². The average molecular weight is 331 g/mol. The van der Waals surface area contributed by atoms with E-state index in [0.29, 0.717) is 5.56 Å². The summed E-state index contributed by atoms with van der Waals surface area (Å²) in [5.74, 6) is -0.219. The maximum Gasteiger partial charge on any atom is 0.271 e. The summed E-state index contributed by atoms with van der Waals surface area (Å²) in [5, 5.41) is 4.21. The van der Waals surface area contributed by atoms with Gasteiger partial charge in [0, 0.05) is 23.6 Å². The van der Waals surface area contributed by atoms with E-state index in [-0.39, 0.29) is 5.91 Å². The summed E-state index contributed by atoms with van der Waals surface area (Å²) in [6, 6.07) is 19.6. The Morgan fingerprint density at radius 2 is 1.56 bits per heavy atom. The zero-order valence-corrected chi connectivity index (χ0v) is 14.4. The first-order valence-electron chi connectivity index (χ1n) is 8.34. The zero-order valence-electron chi connectivity index (χ0n) is 14.4. The van der Waals surface area contributed by atoms with Crippen LogP contribution < -0.4 is 5.43 Å². The molecule has 3 rings (SSSR count). The number of hydrazone groups is 1. The van der Waals surface area contributed by atoms with Crippen molar-refractivity contribution in [3.8, 4) is 5.69 Å². The first-order valence-corrected chi connectivity index (χ1v) is 8.34. The maximum atomic E-state index is 12.3. The van der Waals surface area contributed by atoms with Crippen molar-refractivity contribution in [2.45, 2.75) is 20.3 Å². The van der Waals surface area contributed by atoms with Crippen LogP contribution in [0.5, 0.6) is 0 Å². The minimum absolute atomic E-state index is 0.219. The van der Waals surface area contributed by atoms with Crippen molar-refractivity contribution in [3.63, 3.8) is 0 Å². The van der Waals surface area contributed by atoms with E-state index in [9.17, 15) is 4.79 Å². The molecule has 0 saturated carbocycles. The van der Waals surface area contributed by atoms with Crippen LogP contribution in [0.2, 0.25) is 0 Å². The maximum absolute atomic E-state index is 12.3. The molecule has 0 radical (unpaired) electrons. The number of nitrogens with zero attached hydrogens (tertiary/aromatic N) is 2. The van der Waals surface area contributed by atoms with Gasteiger partial charge in [0.05, 0.1) is 5.71 Å². The van der Waals surface area contributed by atoms with Crippen molar-refractivity contribution >= 4 is 11.6 Å². The van der Waals surface area contributed by atoms with Crippen LogP contribution in [0.4, 0.5) is 0 Å². The Bertz CT molecular complexity index is 861. The van der Waals surface area contributed by atoms with Gasteiger partial charge < -0.3 is 4.57 Å². The summed E-state index contributed by atoms with van der Waals surface area (Å²) >= 11 is 0. The molecular formula is C21H21N3O. The molecule has 0 saturated heterocycles. The number of nitrogens with one attached hydrogen (secondary N) is 1. The van der Waals surface area contributed by atoms with E-state index in [4.69, 9.17) is 0 Å². The van der Waals surface area contributed by atoms with Crippen molar-refractivity contribution in [2.24, 2.45) is 5.10 Å². The van der Waals surface area contributed by atoms with Crippen molar-refractivity contribution < 1.29 is 4.79 Å². The lowest BCUT2D eigenvalue weighted by Gasteiger charge is -2.06. The SMILES string of the molecule is CCc1ccc(/C(C)=N/NC(=O)c2ccc(-n3cccc3)cc2)cc1. The lowest BCUT2D eigenvalue weighted by Crippen LogP contribution is -2.19. The summed E-state index contributed by atoms with van der Waals surface area (Å²) in [7, 11) is 0. The monoisotopic (exact) mass is 331 g/mol. The summed E-state index contributed by atoms with van der Waals surface area (Å²) < 4.78 is 1.99. The molecule has 0 spiro atoms. The van der Waals surface area contributed by atoms with Gasteiger partial charge in [0.25, 0.3) is 5.91 Å². The smallest absolute Gasteiger partial charge is 0.271 e. The fourth-order valence-corrected chi connectivity index (χ4v) is 2.54. The van der Waals surface area contributed by atoms with E-state index in [0.717, 1.165) is 23.4 Å². The molecule has 25 heavy (non-hydrogen) atoms. The number of hydrogen-bond donors (Lipinski definition) is 1. The highest BCUT2D eigenvalue weighted by Gasteiger charge is 2.05. The minimum Gasteiger partial charge on any atom is -0.324 e. The molecule has 4 heteroatoms. The predicted octanol–water partition coefficient (Wildman–Crippen LogP) is 4.19. The van der Waals surface area contributed by atoms with Crippen LogP contribution in [0.25, 0.3) is 5.69 Å². The Hall–Kier alpha value is -3.14. The lowest BCUT2D eigenvalue weighted by molar-refractivity contribution is 0.0955. The molecule has 0 bridgehead atoms. The van der Waals surface area contributed by atoms with Crippen LogP contribution >= 0.6 is 0 Å². The van der Waals surface area contributed by atoms with Gasteiger partial charge in [-0.15, -0.1) is 0 Å². The van der Waals surface area contributed by atoms with Gasteiger partial charge in [0.15, 0.2) is 0 Å². The van der Waals surface area contributed by atoms with Gasteiger partial charge in [-0.05, 0) is 60.9 Å². The number of amides is 1. The Morgan fingerprint density at radius 1 is 0.960 bits per heavy atom. The quantitative estimate of drug-likeness (QED) is 0.553. The molecule has 3 aromatic rings. The minimum atomic E-state index is -0.219. The third-order valence-electron chi connectivity index (χ3n) is 4.14. The number of carbonyl (C=O) groups excluding carboxylic acids is 1. The second-order valence-electron chi connectivity index (χ2n) is 5.83. The van der Waals surface area contributed by atoms with Crippen LogP contribution in [-0.2, 0) is 6.42 Å². The van der Waals surface area contributed by atoms with Gasteiger partial charge in [-0.3, -0.25) is 4.79 Å². The molecule has 2 aromatic carbocycles. The van der Waals surface area contributed by atoms with Crippen LogP contribution in [0.3, 0.4) is 0 Å². The standard InChI is InChI=1S/C21H21N3O/c1-3-17-6-8-18(9-7-17)16(2)22-23-21(25)19-10-12-20(13-11-19)24-14-4-5-15-24/h4-15H,3H2,1-2H3,(H,23,25)/b22-16+. The largest absolute Gasteiger partial charge is 0.324 e. The Morgan fingerprint density at radius 3 is 2.16 bits per heavy atom. The second-order valence-corrected chi connectivity index (χ2v) is 5.83. The van der Waals surface area contributed by atoms with Crippen LogP contribution in [0, 0.1) is 0 Å². The highest BCUT2D eigenvalue weighted by molar-refractivity contribution is 6.00. The molecule has 0 unspecified atom stereocenters. The van der Waals surface area contributed by atoms with Crippen LogP contribution in [0.15, 0.2) is 78.2 Å². The predicted molar refractivity (Wildman–Crippen MR) is 101 cm³/mol. The van der Waals surface area contributed by atoms with E-state index in [1.165, 1.54) is 5.56 Å². The number of benzene rings is 2. The third-order valence-corrected chi connectivity index (χ3v) is 4.14. The molecule has 1 heterocycles. The van der Waals surface area contributed by atoms with Gasteiger partial charge in [0.1, 0.15) is 0 Å². The van der Waals surface area contributed by atoms with Crippen LogP contribution in [-0.4, -0.2) is 16.2 Å². The Labute approximate surface area is 147 Å². The molecule has 0 fully saturated rings.